The van der Waals surface area contributed by atoms with Crippen LogP contribution in [-0.4, -0.2) is 18.5 Å². The van der Waals surface area contributed by atoms with Crippen LogP contribution in [0.1, 0.15) is 42.5 Å². The number of primary amides is 1. The van der Waals surface area contributed by atoms with Gasteiger partial charge in [-0.15, -0.1) is 0 Å². The number of nitrogens with two attached hydrogens (primary N) is 2. The molecule has 0 aromatic heterocycles. The minimum atomic E-state index is -0.477. The first-order valence-electron chi connectivity index (χ1n) is 7.17. The van der Waals surface area contributed by atoms with Crippen molar-refractivity contribution in [2.45, 2.75) is 38.1 Å². The van der Waals surface area contributed by atoms with Crippen LogP contribution < -0.4 is 16.8 Å². The number of carbonyl (C=O) groups is 1. The third-order valence-electron chi connectivity index (χ3n) is 4.06. The molecule has 1 aliphatic rings. The molecule has 1 amide bonds. The van der Waals surface area contributed by atoms with Gasteiger partial charge in [-0.1, -0.05) is 30.9 Å². The molecule has 1 fully saturated rings. The molecule has 110 valence electrons. The Labute approximate surface area is 124 Å². The molecule has 0 aliphatic heterocycles. The fraction of sp³-hybridized carbons (Fsp3) is 0.533. The minimum absolute atomic E-state index is 0.176. The van der Waals surface area contributed by atoms with Crippen LogP contribution in [-0.2, 0) is 0 Å². The van der Waals surface area contributed by atoms with Gasteiger partial charge in [0.15, 0.2) is 0 Å². The second kappa shape index (κ2) is 6.95. The van der Waals surface area contributed by atoms with E-state index in [-0.39, 0.29) is 6.04 Å². The Bertz CT molecular complexity index is 472. The lowest BCUT2D eigenvalue weighted by molar-refractivity contribution is 0.100. The summed E-state index contributed by atoms with van der Waals surface area (Å²) >= 11 is 5.92. The topological polar surface area (TPSA) is 81.1 Å². The first kappa shape index (κ1) is 15.1. The number of amides is 1. The summed E-state index contributed by atoms with van der Waals surface area (Å²) in [5.74, 6) is 0.0829. The lowest BCUT2D eigenvalue weighted by atomic mass is 9.83. The van der Waals surface area contributed by atoms with E-state index in [1.807, 2.05) is 0 Å². The fourth-order valence-corrected chi connectivity index (χ4v) is 3.12. The Morgan fingerprint density at radius 3 is 2.65 bits per heavy atom. The number of hydrogen-bond donors (Lipinski definition) is 3. The van der Waals surface area contributed by atoms with Crippen molar-refractivity contribution in [3.05, 3.63) is 28.8 Å². The second-order valence-electron chi connectivity index (χ2n) is 5.44. The molecule has 20 heavy (non-hydrogen) atoms. The number of benzene rings is 1. The predicted octanol–water partition coefficient (Wildman–Crippen LogP) is 2.76. The van der Waals surface area contributed by atoms with Crippen LogP contribution in [0.4, 0.5) is 5.69 Å². The monoisotopic (exact) mass is 295 g/mol. The van der Waals surface area contributed by atoms with E-state index >= 15 is 0 Å². The summed E-state index contributed by atoms with van der Waals surface area (Å²) in [4.78, 5) is 11.5. The second-order valence-corrected chi connectivity index (χ2v) is 5.88. The maximum Gasteiger partial charge on any atom is 0.250 e. The summed E-state index contributed by atoms with van der Waals surface area (Å²) < 4.78 is 0. The molecule has 5 heteroatoms. The summed E-state index contributed by atoms with van der Waals surface area (Å²) in [6.07, 6.45) is 6.20. The Kier molecular flexibility index (Phi) is 5.26. The van der Waals surface area contributed by atoms with Crippen molar-refractivity contribution in [1.82, 2.24) is 0 Å². The maximum atomic E-state index is 11.5. The molecule has 0 radical (unpaired) electrons. The van der Waals surface area contributed by atoms with Crippen LogP contribution >= 0.6 is 11.6 Å². The van der Waals surface area contributed by atoms with Gasteiger partial charge in [-0.05, 0) is 37.0 Å². The first-order valence-corrected chi connectivity index (χ1v) is 7.55. The highest BCUT2D eigenvalue weighted by Gasteiger charge is 2.23. The highest BCUT2D eigenvalue weighted by molar-refractivity contribution is 6.31. The normalized spacial score (nSPS) is 17.7. The Morgan fingerprint density at radius 2 is 2.05 bits per heavy atom. The summed E-state index contributed by atoms with van der Waals surface area (Å²) in [5, 5.41) is 3.90. The minimum Gasteiger partial charge on any atom is -0.380 e. The lowest BCUT2D eigenvalue weighted by Gasteiger charge is -2.31. The van der Waals surface area contributed by atoms with Gasteiger partial charge in [0.25, 0.3) is 5.91 Å². The Hall–Kier alpha value is -1.26. The summed E-state index contributed by atoms with van der Waals surface area (Å²) in [6.45, 7) is 0.547. The number of nitrogens with one attached hydrogen (secondary N) is 1. The van der Waals surface area contributed by atoms with Crippen LogP contribution in [0.15, 0.2) is 18.2 Å². The smallest absolute Gasteiger partial charge is 0.250 e. The average molecular weight is 296 g/mol. The van der Waals surface area contributed by atoms with E-state index in [4.69, 9.17) is 23.1 Å². The van der Waals surface area contributed by atoms with Gasteiger partial charge >= 0.3 is 0 Å². The van der Waals surface area contributed by atoms with Gasteiger partial charge in [0, 0.05) is 23.3 Å². The molecule has 4 nitrogen and oxygen atoms in total. The molecule has 5 N–H and O–H groups in total. The van der Waals surface area contributed by atoms with Gasteiger partial charge in [-0.25, -0.2) is 0 Å². The Morgan fingerprint density at radius 1 is 1.35 bits per heavy atom. The molecule has 0 heterocycles. The van der Waals surface area contributed by atoms with E-state index in [1.54, 1.807) is 18.2 Å². The maximum absolute atomic E-state index is 11.5. The predicted molar refractivity (Wildman–Crippen MR) is 83.0 cm³/mol. The van der Waals surface area contributed by atoms with E-state index in [1.165, 1.54) is 32.1 Å². The lowest BCUT2D eigenvalue weighted by Crippen LogP contribution is -2.38. The van der Waals surface area contributed by atoms with Crippen LogP contribution in [0.5, 0.6) is 0 Å². The van der Waals surface area contributed by atoms with Crippen molar-refractivity contribution >= 4 is 23.2 Å². The third-order valence-corrected chi connectivity index (χ3v) is 4.30. The van der Waals surface area contributed by atoms with Gasteiger partial charge in [0.1, 0.15) is 0 Å². The molecule has 1 aromatic rings. The van der Waals surface area contributed by atoms with Crippen molar-refractivity contribution in [2.24, 2.45) is 17.4 Å². The SMILES string of the molecule is NCC(Nc1ccc(Cl)cc1C(N)=O)C1CCCCC1. The van der Waals surface area contributed by atoms with Crippen molar-refractivity contribution in [3.8, 4) is 0 Å². The quantitative estimate of drug-likeness (QED) is 0.781. The largest absolute Gasteiger partial charge is 0.380 e. The third kappa shape index (κ3) is 3.64. The number of rotatable bonds is 5. The van der Waals surface area contributed by atoms with Gasteiger partial charge in [-0.2, -0.15) is 0 Å². The Balaban J connectivity index is 2.16. The molecule has 1 atom stereocenters. The van der Waals surface area contributed by atoms with Crippen molar-refractivity contribution in [1.29, 1.82) is 0 Å². The summed E-state index contributed by atoms with van der Waals surface area (Å²) in [6, 6.07) is 5.33. The fourth-order valence-electron chi connectivity index (χ4n) is 2.95. The van der Waals surface area contributed by atoms with Crippen LogP contribution in [0.2, 0.25) is 5.02 Å². The molecule has 1 aromatic carbocycles. The van der Waals surface area contributed by atoms with Crippen molar-refractivity contribution in [2.75, 3.05) is 11.9 Å². The van der Waals surface area contributed by atoms with Gasteiger partial charge in [0.05, 0.1) is 5.56 Å². The average Bonchev–Trinajstić information content (AvgIpc) is 2.46. The van der Waals surface area contributed by atoms with Crippen LogP contribution in [0.3, 0.4) is 0 Å². The van der Waals surface area contributed by atoms with Gasteiger partial charge in [0.2, 0.25) is 0 Å². The highest BCUT2D eigenvalue weighted by atomic mass is 35.5. The molecule has 2 rings (SSSR count). The number of hydrogen-bond acceptors (Lipinski definition) is 3. The van der Waals surface area contributed by atoms with E-state index < -0.39 is 5.91 Å². The number of carbonyl (C=O) groups excluding carboxylic acids is 1. The first-order chi connectivity index (χ1) is 9.61. The van der Waals surface area contributed by atoms with E-state index in [0.29, 0.717) is 23.0 Å². The number of halogens is 1. The molecule has 1 saturated carbocycles. The summed E-state index contributed by atoms with van der Waals surface area (Å²) in [7, 11) is 0. The van der Waals surface area contributed by atoms with Gasteiger partial charge in [-0.3, -0.25) is 4.79 Å². The molecule has 1 unspecified atom stereocenters. The molecule has 1 aliphatic carbocycles. The molecular formula is C15H22ClN3O. The zero-order chi connectivity index (χ0) is 14.5. The zero-order valence-corrected chi connectivity index (χ0v) is 12.3. The highest BCUT2D eigenvalue weighted by Crippen LogP contribution is 2.29. The van der Waals surface area contributed by atoms with E-state index in [9.17, 15) is 4.79 Å². The van der Waals surface area contributed by atoms with E-state index in [0.717, 1.165) is 5.69 Å². The van der Waals surface area contributed by atoms with Crippen LogP contribution in [0, 0.1) is 5.92 Å². The van der Waals surface area contributed by atoms with Crippen molar-refractivity contribution < 1.29 is 4.79 Å². The molecule has 0 saturated heterocycles. The summed E-state index contributed by atoms with van der Waals surface area (Å²) in [5.41, 5.74) is 12.5. The van der Waals surface area contributed by atoms with Crippen molar-refractivity contribution in [3.63, 3.8) is 0 Å². The van der Waals surface area contributed by atoms with E-state index in [2.05, 4.69) is 5.32 Å². The molecular weight excluding hydrogens is 274 g/mol. The van der Waals surface area contributed by atoms with Gasteiger partial charge < -0.3 is 16.8 Å². The number of anilines is 1. The van der Waals surface area contributed by atoms with Crippen LogP contribution in [0.25, 0.3) is 0 Å². The zero-order valence-electron chi connectivity index (χ0n) is 11.6. The molecule has 0 spiro atoms. The standard InChI is InChI=1S/C15H22ClN3O/c16-11-6-7-13(12(8-11)15(18)20)19-14(9-17)10-4-2-1-3-5-10/h6-8,10,14,19H,1-5,9,17H2,(H2,18,20). The molecule has 0 bridgehead atoms.